The van der Waals surface area contributed by atoms with Crippen LogP contribution in [0.2, 0.25) is 0 Å². The van der Waals surface area contributed by atoms with E-state index < -0.39 is 5.41 Å². The Labute approximate surface area is 277 Å². The highest BCUT2D eigenvalue weighted by Crippen LogP contribution is 2.54. The van der Waals surface area contributed by atoms with Crippen molar-refractivity contribution >= 4 is 22.2 Å². The number of hydrogen-bond acceptors (Lipinski definition) is 12. The zero-order chi connectivity index (χ0) is 32.7. The molecule has 246 valence electrons. The number of carbonyl (C=O) groups excluding carboxylic acids is 1. The number of ether oxygens (including phenoxy) is 2. The van der Waals surface area contributed by atoms with Gasteiger partial charge in [-0.05, 0) is 83.5 Å². The van der Waals surface area contributed by atoms with Gasteiger partial charge in [-0.25, -0.2) is 9.67 Å². The number of hydrogen-bond donors (Lipinski definition) is 2. The number of methoxy groups -OCH3 is 1. The first-order valence-corrected chi connectivity index (χ1v) is 17.0. The van der Waals surface area contributed by atoms with Crippen molar-refractivity contribution in [3.63, 3.8) is 0 Å². The topological polar surface area (TPSA) is 170 Å². The van der Waals surface area contributed by atoms with Gasteiger partial charge >= 0.3 is 0 Å². The van der Waals surface area contributed by atoms with Gasteiger partial charge in [0.25, 0.3) is 5.91 Å². The summed E-state index contributed by atoms with van der Waals surface area (Å²) in [6, 6.07) is 6.02. The van der Waals surface area contributed by atoms with Crippen molar-refractivity contribution in [3.05, 3.63) is 51.3 Å². The largest absolute Gasteiger partial charge is 0.473 e. The highest BCUT2D eigenvalue weighted by atomic mass is 32.1. The van der Waals surface area contributed by atoms with E-state index in [1.807, 2.05) is 0 Å². The number of nitrogen functional groups attached to an aromatic ring is 1. The molecule has 3 aliphatic rings. The first kappa shape index (κ1) is 31.3. The van der Waals surface area contributed by atoms with Crippen molar-refractivity contribution in [2.75, 3.05) is 39.6 Å². The Morgan fingerprint density at radius 2 is 2.13 bits per heavy atom. The molecule has 0 unspecified atom stereocenters. The molecule has 1 spiro atoms. The summed E-state index contributed by atoms with van der Waals surface area (Å²) < 4.78 is 19.2. The fourth-order valence-electron chi connectivity index (χ4n) is 7.65. The molecule has 13 nitrogen and oxygen atoms in total. The van der Waals surface area contributed by atoms with E-state index in [0.717, 1.165) is 74.7 Å². The number of rotatable bonds is 9. The van der Waals surface area contributed by atoms with Gasteiger partial charge in [0.1, 0.15) is 17.2 Å². The van der Waals surface area contributed by atoms with Gasteiger partial charge in [0, 0.05) is 47.8 Å². The molecule has 4 aromatic heterocycles. The molecule has 1 amide bonds. The minimum Gasteiger partial charge on any atom is -0.473 e. The van der Waals surface area contributed by atoms with Crippen LogP contribution in [0.5, 0.6) is 5.88 Å². The Morgan fingerprint density at radius 1 is 1.30 bits per heavy atom. The number of aromatic nitrogens is 5. The number of nitrogens with one attached hydrogen (secondary N) is 1. The van der Waals surface area contributed by atoms with Gasteiger partial charge in [-0.3, -0.25) is 9.69 Å². The Morgan fingerprint density at radius 3 is 2.89 bits per heavy atom. The van der Waals surface area contributed by atoms with E-state index in [9.17, 15) is 10.1 Å². The quantitative estimate of drug-likeness (QED) is 0.249. The molecule has 14 heteroatoms. The van der Waals surface area contributed by atoms with Crippen LogP contribution in [0.3, 0.4) is 0 Å². The van der Waals surface area contributed by atoms with Crippen LogP contribution in [0, 0.1) is 11.3 Å². The Bertz CT molecular complexity index is 1840. The van der Waals surface area contributed by atoms with Gasteiger partial charge in [0.2, 0.25) is 17.5 Å². The molecule has 0 bridgehead atoms. The molecule has 3 atom stereocenters. The predicted molar refractivity (Wildman–Crippen MR) is 175 cm³/mol. The lowest BCUT2D eigenvalue weighted by molar-refractivity contribution is 0.0931. The molecule has 5 heterocycles. The summed E-state index contributed by atoms with van der Waals surface area (Å²) in [6.45, 7) is 3.86. The lowest BCUT2D eigenvalue weighted by atomic mass is 9.62. The minimum absolute atomic E-state index is 0.126. The predicted octanol–water partition coefficient (Wildman–Crippen LogP) is 4.03. The normalized spacial score (nSPS) is 21.3. The van der Waals surface area contributed by atoms with Crippen LogP contribution in [-0.4, -0.2) is 81.7 Å². The second-order valence-corrected chi connectivity index (χ2v) is 13.8. The Hall–Kier alpha value is -4.32. The Balaban J connectivity index is 1.29. The second kappa shape index (κ2) is 12.7. The molecule has 0 radical (unpaired) electrons. The summed E-state index contributed by atoms with van der Waals surface area (Å²) in [7, 11) is 3.70. The maximum Gasteiger partial charge on any atom is 0.271 e. The van der Waals surface area contributed by atoms with Crippen LogP contribution in [0.25, 0.3) is 17.4 Å². The third-order valence-electron chi connectivity index (χ3n) is 9.84. The average molecular weight is 658 g/mol. The third-order valence-corrected chi connectivity index (χ3v) is 10.9. The van der Waals surface area contributed by atoms with Gasteiger partial charge in [0.05, 0.1) is 17.9 Å². The van der Waals surface area contributed by atoms with E-state index in [0.29, 0.717) is 47.0 Å². The minimum atomic E-state index is -0.437. The number of thiophene rings is 1. The molecular formula is C33H39N9O4S. The summed E-state index contributed by atoms with van der Waals surface area (Å²) in [5, 5.41) is 22.7. The number of nitrogens with zero attached hydrogens (tertiary/aromatic N) is 7. The number of fused-ring (bicyclic) bond motifs is 4. The summed E-state index contributed by atoms with van der Waals surface area (Å²) >= 11 is 1.52. The van der Waals surface area contributed by atoms with Crippen LogP contribution < -0.4 is 15.8 Å². The molecular weight excluding hydrogens is 618 g/mol. The monoisotopic (exact) mass is 657 g/mol. The van der Waals surface area contributed by atoms with Crippen molar-refractivity contribution in [1.82, 2.24) is 35.1 Å². The molecule has 7 rings (SSSR count). The zero-order valence-corrected chi connectivity index (χ0v) is 27.7. The van der Waals surface area contributed by atoms with Crippen molar-refractivity contribution in [1.29, 1.82) is 5.26 Å². The maximum atomic E-state index is 12.7. The Kier molecular flexibility index (Phi) is 8.46. The van der Waals surface area contributed by atoms with E-state index in [1.165, 1.54) is 16.2 Å². The number of nitriles is 1. The fourth-order valence-corrected chi connectivity index (χ4v) is 8.81. The number of nitrogens with two attached hydrogens (primary N) is 1. The van der Waals surface area contributed by atoms with Crippen LogP contribution in [-0.2, 0) is 23.0 Å². The van der Waals surface area contributed by atoms with E-state index >= 15 is 0 Å². The number of aryl methyl sites for hydroxylation is 1. The molecule has 1 fully saturated rings. The molecule has 4 aromatic rings. The SMILES string of the molecule is COCCNC(=O)c1ccn(-c2cc(O[C@@H](C)[C@@H]3CCCN3C)nc(-c3onc4c3CCC[C@@]43CCCc4sc(N)c(C#N)c43)n2)n1. The first-order chi connectivity index (χ1) is 22.8. The van der Waals surface area contributed by atoms with E-state index in [4.69, 9.17) is 29.7 Å². The lowest BCUT2D eigenvalue weighted by Gasteiger charge is -2.39. The molecule has 1 saturated heterocycles. The molecule has 0 saturated carbocycles. The summed E-state index contributed by atoms with van der Waals surface area (Å²) in [6.07, 6.45) is 9.00. The van der Waals surface area contributed by atoms with Gasteiger partial charge < -0.3 is 25.0 Å². The highest BCUT2D eigenvalue weighted by Gasteiger charge is 2.48. The van der Waals surface area contributed by atoms with Crippen LogP contribution >= 0.6 is 11.3 Å². The van der Waals surface area contributed by atoms with Crippen LogP contribution in [0.4, 0.5) is 5.00 Å². The number of likely N-dealkylation sites (tertiary alicyclic amines) is 1. The van der Waals surface area contributed by atoms with Crippen LogP contribution in [0.15, 0.2) is 22.9 Å². The number of amides is 1. The zero-order valence-electron chi connectivity index (χ0n) is 26.9. The molecule has 3 N–H and O–H groups in total. The molecule has 2 aliphatic carbocycles. The second-order valence-electron chi connectivity index (χ2n) is 12.7. The number of likely N-dealkylation sites (N-methyl/N-ethyl adjacent to an activating group) is 1. The van der Waals surface area contributed by atoms with Gasteiger partial charge in [-0.15, -0.1) is 11.3 Å². The number of carbonyl (C=O) groups is 1. The van der Waals surface area contributed by atoms with Gasteiger partial charge in [0.15, 0.2) is 11.5 Å². The molecule has 0 aromatic carbocycles. The first-order valence-electron chi connectivity index (χ1n) is 16.2. The number of anilines is 1. The van der Waals surface area contributed by atoms with Crippen molar-refractivity contribution < 1.29 is 18.8 Å². The van der Waals surface area contributed by atoms with Gasteiger partial charge in [-0.1, -0.05) is 5.16 Å². The van der Waals surface area contributed by atoms with Crippen molar-refractivity contribution in [3.8, 4) is 29.4 Å². The summed E-state index contributed by atoms with van der Waals surface area (Å²) in [4.78, 5) is 25.9. The maximum absolute atomic E-state index is 12.7. The van der Waals surface area contributed by atoms with Gasteiger partial charge in [-0.2, -0.15) is 15.3 Å². The molecule has 47 heavy (non-hydrogen) atoms. The summed E-state index contributed by atoms with van der Waals surface area (Å²) in [5.74, 6) is 1.32. The van der Waals surface area contributed by atoms with E-state index in [2.05, 4.69) is 40.5 Å². The third kappa shape index (κ3) is 5.56. The smallest absolute Gasteiger partial charge is 0.271 e. The standard InChI is InChI=1S/C33H39N9O4S/c1-19(23-8-6-14-41(23)2)45-26-17-25(42-15-10-22(39-42)32(43)36-13-16-44-3)37-31(38-26)28-20-7-4-11-33(29(20)40-46-28)12-5-9-24-27(33)21(18-34)30(35)47-24/h10,15,17,19,23H,4-9,11-14,16,35H2,1-3H3,(H,36,43)/t19-,23-,33-/m0/s1. The highest BCUT2D eigenvalue weighted by molar-refractivity contribution is 7.16. The molecule has 1 aliphatic heterocycles. The van der Waals surface area contributed by atoms with Crippen molar-refractivity contribution in [2.45, 2.75) is 75.9 Å². The van der Waals surface area contributed by atoms with E-state index in [1.54, 1.807) is 30.1 Å². The fraction of sp³-hybridized carbons (Fsp3) is 0.515. The lowest BCUT2D eigenvalue weighted by Crippen LogP contribution is -2.38. The van der Waals surface area contributed by atoms with Crippen molar-refractivity contribution in [2.24, 2.45) is 0 Å². The summed E-state index contributed by atoms with van der Waals surface area (Å²) in [5.41, 5.74) is 9.55. The van der Waals surface area contributed by atoms with E-state index in [-0.39, 0.29) is 23.7 Å². The van der Waals surface area contributed by atoms with Crippen LogP contribution in [0.1, 0.15) is 83.2 Å². The average Bonchev–Trinajstić information content (AvgIpc) is 3.87.